The summed E-state index contributed by atoms with van der Waals surface area (Å²) < 4.78 is 29.2. The standard InChI is InChI=1S/C46H56N2O14/c1-23-14-13-15-24(2)45(56)48-36-31(22-47-60-21-20-58-30-16-11-10-12-17-30)40(53)33-34(41(36)54)39(52)28(6)43-35(33)44(55)46(8,62-43)59-19-18-32(57-9)25(3)42(61-29(7)49)27(5)38(51)26(4)37(23)50/h10-19,22-23,25-27,32,37-38,42,50-54H,20-21H2,1-9H3,(H,48,56)/b14-13+,19-18+,24-15-,47-22+/t23-,25+,26+,27+,32-,37-,38+,42+,46-/m0/s1. The summed E-state index contributed by atoms with van der Waals surface area (Å²) in [7, 11) is 1.42. The average Bonchev–Trinajstić information content (AvgIpc) is 3.51. The van der Waals surface area contributed by atoms with Gasteiger partial charge in [-0.15, -0.1) is 0 Å². The molecule has 62 heavy (non-hydrogen) atoms. The first-order chi connectivity index (χ1) is 29.3. The second kappa shape index (κ2) is 19.7. The van der Waals surface area contributed by atoms with Crippen molar-refractivity contribution in [2.45, 2.75) is 85.6 Å². The molecule has 6 N–H and O–H groups in total. The number of nitrogens with one attached hydrogen (secondary N) is 1. The number of phenolic OH excluding ortho intramolecular Hbond substituents is 3. The van der Waals surface area contributed by atoms with Crippen molar-refractivity contribution >= 4 is 40.3 Å². The lowest BCUT2D eigenvalue weighted by Crippen LogP contribution is -2.46. The number of carbonyl (C=O) groups excluding carboxylic acids is 3. The van der Waals surface area contributed by atoms with Crippen LogP contribution in [0.3, 0.4) is 0 Å². The highest BCUT2D eigenvalue weighted by atomic mass is 16.7. The zero-order valence-electron chi connectivity index (χ0n) is 36.2. The van der Waals surface area contributed by atoms with Crippen molar-refractivity contribution < 1.29 is 68.4 Å². The Labute approximate surface area is 360 Å². The fourth-order valence-electron chi connectivity index (χ4n) is 7.73. The molecule has 3 aliphatic rings. The van der Waals surface area contributed by atoms with Crippen LogP contribution in [0.5, 0.6) is 28.7 Å². The van der Waals surface area contributed by atoms with E-state index >= 15 is 0 Å². The number of aliphatic hydroxyl groups excluding tert-OH is 2. The lowest BCUT2D eigenvalue weighted by molar-refractivity contribution is -0.160. The van der Waals surface area contributed by atoms with Crippen LogP contribution in [0, 0.1) is 30.6 Å². The number of methoxy groups -OCH3 is 1. The molecule has 16 nitrogen and oxygen atoms in total. The third-order valence-electron chi connectivity index (χ3n) is 11.5. The van der Waals surface area contributed by atoms with Gasteiger partial charge in [-0.1, -0.05) is 69.3 Å². The van der Waals surface area contributed by atoms with E-state index in [0.717, 1.165) is 6.21 Å². The Balaban J connectivity index is 1.64. The van der Waals surface area contributed by atoms with E-state index in [1.807, 2.05) is 18.2 Å². The second-order valence-corrected chi connectivity index (χ2v) is 15.8. The highest BCUT2D eigenvalue weighted by Crippen LogP contribution is 2.55. The van der Waals surface area contributed by atoms with E-state index in [4.69, 9.17) is 28.5 Å². The maximum atomic E-state index is 14.4. The summed E-state index contributed by atoms with van der Waals surface area (Å²) in [4.78, 5) is 45.9. The molecule has 0 radical (unpaired) electrons. The van der Waals surface area contributed by atoms with Gasteiger partial charge >= 0.3 is 11.8 Å². The number of benzene rings is 3. The summed E-state index contributed by atoms with van der Waals surface area (Å²) in [5.74, 6) is -8.24. The molecule has 334 valence electrons. The molecule has 3 aromatic carbocycles. The van der Waals surface area contributed by atoms with Gasteiger partial charge in [-0.2, -0.15) is 0 Å². The molecule has 16 heteroatoms. The van der Waals surface area contributed by atoms with Gasteiger partial charge in [0.15, 0.2) is 12.4 Å². The minimum absolute atomic E-state index is 0.0183. The van der Waals surface area contributed by atoms with Crippen LogP contribution in [0.2, 0.25) is 0 Å². The van der Waals surface area contributed by atoms with E-state index < -0.39 is 88.8 Å². The minimum atomic E-state index is -2.08. The zero-order valence-corrected chi connectivity index (χ0v) is 36.2. The number of hydrogen-bond donors (Lipinski definition) is 6. The monoisotopic (exact) mass is 860 g/mol. The third-order valence-corrected chi connectivity index (χ3v) is 11.5. The number of nitrogens with zero attached hydrogens (tertiary/aromatic N) is 1. The van der Waals surface area contributed by atoms with Gasteiger partial charge in [0.25, 0.3) is 11.7 Å². The first-order valence-electron chi connectivity index (χ1n) is 20.3. The van der Waals surface area contributed by atoms with Gasteiger partial charge in [0.1, 0.15) is 35.7 Å². The molecule has 3 aliphatic heterocycles. The highest BCUT2D eigenvalue weighted by Gasteiger charge is 2.50. The van der Waals surface area contributed by atoms with E-state index in [1.54, 1.807) is 52.0 Å². The maximum absolute atomic E-state index is 14.4. The number of amides is 1. The molecular formula is C46H56N2O14. The Kier molecular flexibility index (Phi) is 14.9. The fraction of sp³-hybridized carbons (Fsp3) is 0.435. The highest BCUT2D eigenvalue weighted by molar-refractivity contribution is 6.23. The number of para-hydroxylation sites is 1. The van der Waals surface area contributed by atoms with Crippen molar-refractivity contribution in [3.63, 3.8) is 0 Å². The van der Waals surface area contributed by atoms with Gasteiger partial charge < -0.3 is 59.4 Å². The molecular weight excluding hydrogens is 805 g/mol. The fourth-order valence-corrected chi connectivity index (χ4v) is 7.73. The first-order valence-corrected chi connectivity index (χ1v) is 20.3. The van der Waals surface area contributed by atoms with E-state index in [2.05, 4.69) is 10.5 Å². The minimum Gasteiger partial charge on any atom is -0.507 e. The molecule has 1 amide bonds. The van der Waals surface area contributed by atoms with Crippen molar-refractivity contribution in [3.8, 4) is 28.7 Å². The smallest absolute Gasteiger partial charge is 0.312 e. The van der Waals surface area contributed by atoms with Gasteiger partial charge in [-0.3, -0.25) is 14.4 Å². The first kappa shape index (κ1) is 47.0. The molecule has 0 fully saturated rings. The van der Waals surface area contributed by atoms with Crippen molar-refractivity contribution in [1.29, 1.82) is 0 Å². The Hall–Kier alpha value is -6.10. The number of aliphatic hydroxyl groups is 2. The molecule has 0 saturated heterocycles. The number of oxime groups is 1. The number of allylic oxidation sites excluding steroid dienone is 2. The average molecular weight is 861 g/mol. The number of Topliss-reactive ketones (excluding diaryl/α,β-unsaturated/α-hetero) is 1. The summed E-state index contributed by atoms with van der Waals surface area (Å²) >= 11 is 0. The SMILES string of the molecule is CO[C@H]1/C=C/O[C@@]2(C)Oc3c(C)c(O)c4c(O)c(c(/C=N/OCCOc5ccccc5)c(O)c4c3C2=O)NC(=O)/C(C)=C\C=C\[C@H](C)[C@H](O)[C@@H](C)[C@@H](O)[C@@H](C)[C@H](OC(C)=O)[C@@H]1C. The number of ether oxygens (including phenoxy) is 5. The van der Waals surface area contributed by atoms with Crippen molar-refractivity contribution in [2.24, 2.45) is 28.8 Å². The number of phenols is 3. The van der Waals surface area contributed by atoms with Crippen LogP contribution in [0.15, 0.2) is 71.6 Å². The van der Waals surface area contributed by atoms with Crippen LogP contribution in [0.25, 0.3) is 10.8 Å². The quantitative estimate of drug-likeness (QED) is 0.0371. The summed E-state index contributed by atoms with van der Waals surface area (Å²) in [5, 5.41) is 64.1. The summed E-state index contributed by atoms with van der Waals surface area (Å²) in [6.45, 7) is 12.4. The molecule has 0 saturated carbocycles. The molecule has 3 aromatic rings. The number of rotatable bonds is 8. The molecule has 0 aliphatic carbocycles. The molecule has 5 bridgehead atoms. The largest absolute Gasteiger partial charge is 0.507 e. The van der Waals surface area contributed by atoms with E-state index in [9.17, 15) is 39.9 Å². The molecule has 0 spiro atoms. The number of fused-ring (bicyclic) bond motifs is 14. The number of anilines is 1. The van der Waals surface area contributed by atoms with Gasteiger partial charge in [0, 0.05) is 61.2 Å². The number of hydrogen-bond acceptors (Lipinski definition) is 15. The molecule has 0 aromatic heterocycles. The lowest BCUT2D eigenvalue weighted by Gasteiger charge is -2.38. The Bertz CT molecular complexity index is 2270. The lowest BCUT2D eigenvalue weighted by atomic mass is 9.78. The predicted octanol–water partition coefficient (Wildman–Crippen LogP) is 6.18. The maximum Gasteiger partial charge on any atom is 0.312 e. The van der Waals surface area contributed by atoms with Crippen LogP contribution in [0.1, 0.15) is 70.0 Å². The predicted molar refractivity (Wildman–Crippen MR) is 229 cm³/mol. The number of carbonyl (C=O) groups is 3. The van der Waals surface area contributed by atoms with Crippen LogP contribution < -0.4 is 14.8 Å². The second-order valence-electron chi connectivity index (χ2n) is 15.8. The molecule has 9 atom stereocenters. The van der Waals surface area contributed by atoms with Crippen molar-refractivity contribution in [3.05, 3.63) is 83.2 Å². The zero-order chi connectivity index (χ0) is 45.6. The van der Waals surface area contributed by atoms with E-state index in [-0.39, 0.29) is 57.7 Å². The number of aromatic hydroxyl groups is 3. The van der Waals surface area contributed by atoms with Crippen LogP contribution >= 0.6 is 0 Å². The van der Waals surface area contributed by atoms with Gasteiger partial charge in [0.2, 0.25) is 0 Å². The van der Waals surface area contributed by atoms with E-state index in [1.165, 1.54) is 53.2 Å². The number of ketones is 1. The Morgan fingerprint density at radius 1 is 0.919 bits per heavy atom. The van der Waals surface area contributed by atoms with Gasteiger partial charge in [-0.05, 0) is 32.1 Å². The summed E-state index contributed by atoms with van der Waals surface area (Å²) in [6.07, 6.45) is 4.39. The molecule has 6 rings (SSSR count). The van der Waals surface area contributed by atoms with Crippen LogP contribution in [-0.2, 0) is 28.6 Å². The number of esters is 1. The Morgan fingerprint density at radius 3 is 2.27 bits per heavy atom. The van der Waals surface area contributed by atoms with Crippen molar-refractivity contribution in [2.75, 3.05) is 25.6 Å². The summed E-state index contributed by atoms with van der Waals surface area (Å²) in [6, 6.07) is 8.99. The van der Waals surface area contributed by atoms with Crippen LogP contribution in [0.4, 0.5) is 5.69 Å². The van der Waals surface area contributed by atoms with Gasteiger partial charge in [0.05, 0.1) is 53.0 Å². The molecule has 3 heterocycles. The normalized spacial score (nSPS) is 29.0. The summed E-state index contributed by atoms with van der Waals surface area (Å²) in [5.41, 5.74) is -0.742. The van der Waals surface area contributed by atoms with Crippen LogP contribution in [-0.4, -0.2) is 99.9 Å². The van der Waals surface area contributed by atoms with Gasteiger partial charge in [-0.25, -0.2) is 0 Å². The van der Waals surface area contributed by atoms with Crippen molar-refractivity contribution in [1.82, 2.24) is 0 Å². The molecule has 0 unspecified atom stereocenters. The topological polar surface area (TPSA) is 232 Å². The van der Waals surface area contributed by atoms with E-state index in [0.29, 0.717) is 5.75 Å². The Morgan fingerprint density at radius 2 is 1.61 bits per heavy atom. The third kappa shape index (κ3) is 9.67.